The molecule has 2 aromatic rings. The number of nitrogens with zero attached hydrogens (tertiary/aromatic N) is 3. The number of nitrogens with one attached hydrogen (secondary N) is 2. The summed E-state index contributed by atoms with van der Waals surface area (Å²) < 4.78 is 0. The molecule has 0 aliphatic carbocycles. The molecule has 4 amide bonds. The highest BCUT2D eigenvalue weighted by Gasteiger charge is 2.46. The molecule has 2 aliphatic rings. The van der Waals surface area contributed by atoms with E-state index in [1.54, 1.807) is 24.3 Å². The van der Waals surface area contributed by atoms with Gasteiger partial charge >= 0.3 is 6.03 Å². The molecule has 162 valence electrons. The summed E-state index contributed by atoms with van der Waals surface area (Å²) in [4.78, 5) is 45.6. The maximum absolute atomic E-state index is 13.0. The van der Waals surface area contributed by atoms with E-state index < -0.39 is 11.6 Å². The number of aryl methyl sites for hydroxylation is 2. The fraction of sp³-hybridized carbons (Fsp3) is 0.391. The molecule has 8 heteroatoms. The van der Waals surface area contributed by atoms with Gasteiger partial charge in [-0.25, -0.2) is 9.78 Å². The van der Waals surface area contributed by atoms with E-state index in [4.69, 9.17) is 0 Å². The number of anilines is 1. The number of pyridine rings is 1. The highest BCUT2D eigenvalue weighted by Crippen LogP contribution is 2.29. The van der Waals surface area contributed by atoms with Gasteiger partial charge in [-0.1, -0.05) is 25.1 Å². The summed E-state index contributed by atoms with van der Waals surface area (Å²) in [5, 5.41) is 5.01. The van der Waals surface area contributed by atoms with Gasteiger partial charge in [-0.3, -0.25) is 14.9 Å². The average Bonchev–Trinajstić information content (AvgIpc) is 3.07. The fourth-order valence-corrected chi connectivity index (χ4v) is 4.39. The van der Waals surface area contributed by atoms with E-state index in [-0.39, 0.29) is 11.8 Å². The molecule has 1 aromatic heterocycles. The molecular weight excluding hydrogens is 394 g/mol. The number of piperazine rings is 1. The van der Waals surface area contributed by atoms with Gasteiger partial charge in [0, 0.05) is 37.9 Å². The molecule has 2 N–H and O–H groups in total. The van der Waals surface area contributed by atoms with Gasteiger partial charge in [-0.05, 0) is 49.1 Å². The zero-order valence-electron chi connectivity index (χ0n) is 18.1. The molecule has 2 saturated heterocycles. The van der Waals surface area contributed by atoms with E-state index in [1.165, 1.54) is 0 Å². The van der Waals surface area contributed by atoms with E-state index in [0.717, 1.165) is 30.0 Å². The molecule has 0 spiro atoms. The molecule has 1 aromatic carbocycles. The summed E-state index contributed by atoms with van der Waals surface area (Å²) in [6.45, 7) is 8.62. The normalized spacial score (nSPS) is 21.1. The van der Waals surface area contributed by atoms with Crippen LogP contribution in [-0.2, 0) is 10.3 Å². The third-order valence-electron chi connectivity index (χ3n) is 6.15. The van der Waals surface area contributed by atoms with Gasteiger partial charge in [0.25, 0.3) is 11.8 Å². The number of carbonyl (C=O) groups is 3. The maximum Gasteiger partial charge on any atom is 0.322 e. The van der Waals surface area contributed by atoms with Crippen LogP contribution in [0.5, 0.6) is 0 Å². The van der Waals surface area contributed by atoms with Crippen LogP contribution in [0.15, 0.2) is 36.5 Å². The Kier molecular flexibility index (Phi) is 5.39. The van der Waals surface area contributed by atoms with E-state index in [2.05, 4.69) is 33.5 Å². The molecule has 1 unspecified atom stereocenters. The van der Waals surface area contributed by atoms with Crippen LogP contribution in [0, 0.1) is 13.8 Å². The second-order valence-corrected chi connectivity index (χ2v) is 8.18. The van der Waals surface area contributed by atoms with Crippen LogP contribution in [0.25, 0.3) is 0 Å². The Hall–Kier alpha value is -3.42. The first-order valence-electron chi connectivity index (χ1n) is 10.6. The molecule has 3 heterocycles. The van der Waals surface area contributed by atoms with E-state index >= 15 is 0 Å². The summed E-state index contributed by atoms with van der Waals surface area (Å²) in [6, 6.07) is 8.58. The molecule has 1 atom stereocenters. The zero-order chi connectivity index (χ0) is 22.2. The summed E-state index contributed by atoms with van der Waals surface area (Å²) in [5.74, 6) is 0.573. The SMILES string of the molecule is CCC1(c2ccc(C(=O)N3CCN(c4ncc(C)cc4C)CC3)cc2)NC(=O)NC1=O. The first-order chi connectivity index (χ1) is 14.8. The third-order valence-corrected chi connectivity index (χ3v) is 6.15. The third kappa shape index (κ3) is 3.73. The van der Waals surface area contributed by atoms with Crippen molar-refractivity contribution in [2.45, 2.75) is 32.7 Å². The van der Waals surface area contributed by atoms with Crippen LogP contribution in [0.2, 0.25) is 0 Å². The van der Waals surface area contributed by atoms with Crippen molar-refractivity contribution in [1.82, 2.24) is 20.5 Å². The van der Waals surface area contributed by atoms with Crippen molar-refractivity contribution < 1.29 is 14.4 Å². The first-order valence-corrected chi connectivity index (χ1v) is 10.6. The molecule has 31 heavy (non-hydrogen) atoms. The monoisotopic (exact) mass is 421 g/mol. The largest absolute Gasteiger partial charge is 0.353 e. The smallest absolute Gasteiger partial charge is 0.322 e. The van der Waals surface area contributed by atoms with Crippen LogP contribution in [0.1, 0.15) is 40.4 Å². The van der Waals surface area contributed by atoms with E-state index in [0.29, 0.717) is 30.6 Å². The van der Waals surface area contributed by atoms with Crippen LogP contribution in [-0.4, -0.2) is 53.9 Å². The Balaban J connectivity index is 1.44. The number of rotatable bonds is 4. The van der Waals surface area contributed by atoms with Crippen molar-refractivity contribution in [2.75, 3.05) is 31.1 Å². The lowest BCUT2D eigenvalue weighted by molar-refractivity contribution is -0.124. The topological polar surface area (TPSA) is 94.6 Å². The van der Waals surface area contributed by atoms with Gasteiger partial charge in [0.1, 0.15) is 11.4 Å². The number of hydrogen-bond acceptors (Lipinski definition) is 5. The Labute approximate surface area is 181 Å². The molecule has 2 aliphatic heterocycles. The first kappa shape index (κ1) is 20.8. The second-order valence-electron chi connectivity index (χ2n) is 8.18. The standard InChI is InChI=1S/C23H27N5O3/c1-4-23(21(30)25-22(31)26-23)18-7-5-17(6-8-18)20(29)28-11-9-27(10-12-28)19-16(3)13-15(2)14-24-19/h5-8,13-14H,4,9-12H2,1-3H3,(H2,25,26,30,31). The number of hydrogen-bond donors (Lipinski definition) is 2. The van der Waals surface area contributed by atoms with Crippen molar-refractivity contribution in [3.63, 3.8) is 0 Å². The maximum atomic E-state index is 13.0. The van der Waals surface area contributed by atoms with Crippen molar-refractivity contribution in [3.8, 4) is 0 Å². The Morgan fingerprint density at radius 1 is 1.10 bits per heavy atom. The summed E-state index contributed by atoms with van der Waals surface area (Å²) in [5.41, 5.74) is 2.43. The van der Waals surface area contributed by atoms with Gasteiger partial charge in [0.05, 0.1) is 0 Å². The molecule has 0 radical (unpaired) electrons. The number of carbonyl (C=O) groups excluding carboxylic acids is 3. The molecule has 2 fully saturated rings. The van der Waals surface area contributed by atoms with E-state index in [9.17, 15) is 14.4 Å². The Morgan fingerprint density at radius 3 is 2.32 bits per heavy atom. The van der Waals surface area contributed by atoms with Crippen molar-refractivity contribution in [1.29, 1.82) is 0 Å². The minimum Gasteiger partial charge on any atom is -0.353 e. The quantitative estimate of drug-likeness (QED) is 0.738. The predicted molar refractivity (Wildman–Crippen MR) is 117 cm³/mol. The molecular formula is C23H27N5O3. The number of aromatic nitrogens is 1. The fourth-order valence-electron chi connectivity index (χ4n) is 4.39. The zero-order valence-corrected chi connectivity index (χ0v) is 18.1. The molecule has 0 saturated carbocycles. The van der Waals surface area contributed by atoms with Gasteiger partial charge < -0.3 is 15.1 Å². The highest BCUT2D eigenvalue weighted by molar-refractivity contribution is 6.07. The summed E-state index contributed by atoms with van der Waals surface area (Å²) in [7, 11) is 0. The number of imide groups is 1. The van der Waals surface area contributed by atoms with Crippen molar-refractivity contribution in [2.24, 2.45) is 0 Å². The summed E-state index contributed by atoms with van der Waals surface area (Å²) >= 11 is 0. The van der Waals surface area contributed by atoms with Crippen LogP contribution in [0.4, 0.5) is 10.6 Å². The molecule has 8 nitrogen and oxygen atoms in total. The number of benzene rings is 1. The highest BCUT2D eigenvalue weighted by atomic mass is 16.2. The van der Waals surface area contributed by atoms with Gasteiger partial charge in [0.15, 0.2) is 0 Å². The lowest BCUT2D eigenvalue weighted by atomic mass is 9.87. The Morgan fingerprint density at radius 2 is 1.77 bits per heavy atom. The number of urea groups is 1. The lowest BCUT2D eigenvalue weighted by Gasteiger charge is -2.36. The second kappa shape index (κ2) is 8.02. The Bertz CT molecular complexity index is 1030. The molecule has 0 bridgehead atoms. The van der Waals surface area contributed by atoms with Crippen LogP contribution < -0.4 is 15.5 Å². The van der Waals surface area contributed by atoms with Crippen molar-refractivity contribution >= 4 is 23.7 Å². The summed E-state index contributed by atoms with van der Waals surface area (Å²) in [6.07, 6.45) is 2.30. The average molecular weight is 422 g/mol. The van der Waals surface area contributed by atoms with Crippen LogP contribution >= 0.6 is 0 Å². The molecule has 4 rings (SSSR count). The van der Waals surface area contributed by atoms with Gasteiger partial charge in [-0.15, -0.1) is 0 Å². The minimum absolute atomic E-state index is 0.0368. The van der Waals surface area contributed by atoms with E-state index in [1.807, 2.05) is 24.9 Å². The van der Waals surface area contributed by atoms with Crippen molar-refractivity contribution in [3.05, 3.63) is 58.8 Å². The van der Waals surface area contributed by atoms with Gasteiger partial charge in [-0.2, -0.15) is 0 Å². The van der Waals surface area contributed by atoms with Gasteiger partial charge in [0.2, 0.25) is 0 Å². The minimum atomic E-state index is -1.08. The number of amides is 4. The lowest BCUT2D eigenvalue weighted by Crippen LogP contribution is -2.49. The van der Waals surface area contributed by atoms with Crippen LogP contribution in [0.3, 0.4) is 0 Å². The predicted octanol–water partition coefficient (Wildman–Crippen LogP) is 2.11.